The van der Waals surface area contributed by atoms with E-state index in [2.05, 4.69) is 15.4 Å². The van der Waals surface area contributed by atoms with Crippen LogP contribution in [0.5, 0.6) is 0 Å². The lowest BCUT2D eigenvalue weighted by atomic mass is 10.1. The summed E-state index contributed by atoms with van der Waals surface area (Å²) in [5.41, 5.74) is 1.95. The molecule has 7 nitrogen and oxygen atoms in total. The van der Waals surface area contributed by atoms with Crippen molar-refractivity contribution in [3.05, 3.63) is 17.0 Å². The first kappa shape index (κ1) is 15.0. The summed E-state index contributed by atoms with van der Waals surface area (Å²) in [7, 11) is 0. The Labute approximate surface area is 129 Å². The minimum atomic E-state index is -0.0372. The first-order valence-corrected chi connectivity index (χ1v) is 7.64. The number of hydrogen-bond acceptors (Lipinski definition) is 5. The summed E-state index contributed by atoms with van der Waals surface area (Å²) >= 11 is 0. The van der Waals surface area contributed by atoms with E-state index in [1.165, 1.54) is 6.92 Å². The van der Waals surface area contributed by atoms with E-state index < -0.39 is 0 Å². The van der Waals surface area contributed by atoms with E-state index in [1.807, 2.05) is 18.7 Å². The van der Waals surface area contributed by atoms with Crippen LogP contribution in [0.25, 0.3) is 0 Å². The second kappa shape index (κ2) is 5.72. The molecule has 0 aromatic carbocycles. The summed E-state index contributed by atoms with van der Waals surface area (Å²) in [5, 5.41) is 6.89. The van der Waals surface area contributed by atoms with E-state index in [-0.39, 0.29) is 23.9 Å². The summed E-state index contributed by atoms with van der Waals surface area (Å²) in [6, 6.07) is 0.254. The third-order valence-electron chi connectivity index (χ3n) is 4.53. The summed E-state index contributed by atoms with van der Waals surface area (Å²) in [6.45, 7) is 7.88. The number of hydrogen-bond donors (Lipinski definition) is 1. The number of piperazine rings is 1. The van der Waals surface area contributed by atoms with Gasteiger partial charge in [-0.15, -0.1) is 0 Å². The number of nitrogens with zero attached hydrogens (tertiary/aromatic N) is 3. The molecule has 2 aliphatic rings. The Kier molecular flexibility index (Phi) is 3.90. The van der Waals surface area contributed by atoms with Gasteiger partial charge in [0.05, 0.1) is 12.2 Å². The van der Waals surface area contributed by atoms with Crippen LogP contribution in [0.4, 0.5) is 0 Å². The molecule has 2 atom stereocenters. The third-order valence-corrected chi connectivity index (χ3v) is 4.53. The molecule has 120 valence electrons. The molecule has 3 rings (SSSR count). The molecule has 0 aliphatic carbocycles. The van der Waals surface area contributed by atoms with E-state index >= 15 is 0 Å². The Bertz CT molecular complexity index is 578. The van der Waals surface area contributed by atoms with Crippen molar-refractivity contribution in [3.63, 3.8) is 0 Å². The highest BCUT2D eigenvalue weighted by molar-refractivity contribution is 5.80. The molecule has 2 aliphatic heterocycles. The van der Waals surface area contributed by atoms with Gasteiger partial charge >= 0.3 is 0 Å². The summed E-state index contributed by atoms with van der Waals surface area (Å²) < 4.78 is 5.19. The lowest BCUT2D eigenvalue weighted by Crippen LogP contribution is -2.53. The molecule has 0 bridgehead atoms. The van der Waals surface area contributed by atoms with Crippen LogP contribution >= 0.6 is 0 Å². The number of carbonyl (C=O) groups is 2. The Morgan fingerprint density at radius 2 is 2.18 bits per heavy atom. The van der Waals surface area contributed by atoms with Gasteiger partial charge in [-0.25, -0.2) is 0 Å². The van der Waals surface area contributed by atoms with E-state index in [0.717, 1.165) is 30.0 Å². The molecule has 1 N–H and O–H groups in total. The highest BCUT2D eigenvalue weighted by atomic mass is 16.5. The smallest absolute Gasteiger partial charge is 0.237 e. The van der Waals surface area contributed by atoms with E-state index in [1.54, 1.807) is 0 Å². The van der Waals surface area contributed by atoms with Gasteiger partial charge in [0, 0.05) is 44.2 Å². The SMILES string of the molecule is CC(=O)N[C@H]1C[C@H]2CN(Cc3c(C)noc3C)CC(=O)N2C1. The fourth-order valence-corrected chi connectivity index (χ4v) is 3.50. The van der Waals surface area contributed by atoms with Gasteiger partial charge in [0.1, 0.15) is 5.76 Å². The molecule has 2 saturated heterocycles. The van der Waals surface area contributed by atoms with Crippen molar-refractivity contribution < 1.29 is 14.1 Å². The van der Waals surface area contributed by atoms with Gasteiger partial charge in [-0.3, -0.25) is 14.5 Å². The summed E-state index contributed by atoms with van der Waals surface area (Å²) in [6.07, 6.45) is 0.823. The highest BCUT2D eigenvalue weighted by Gasteiger charge is 2.40. The number of fused-ring (bicyclic) bond motifs is 1. The number of nitrogens with one attached hydrogen (secondary N) is 1. The molecule has 0 unspecified atom stereocenters. The normalized spacial score (nSPS) is 25.4. The second-order valence-corrected chi connectivity index (χ2v) is 6.31. The molecule has 1 aromatic heterocycles. The number of amides is 2. The predicted octanol–water partition coefficient (Wildman–Crippen LogP) is 0.213. The Morgan fingerprint density at radius 1 is 1.41 bits per heavy atom. The highest BCUT2D eigenvalue weighted by Crippen LogP contribution is 2.25. The van der Waals surface area contributed by atoms with Crippen molar-refractivity contribution >= 4 is 11.8 Å². The van der Waals surface area contributed by atoms with Gasteiger partial charge in [-0.1, -0.05) is 5.16 Å². The molecule has 0 spiro atoms. The molecular weight excluding hydrogens is 284 g/mol. The average molecular weight is 306 g/mol. The Morgan fingerprint density at radius 3 is 2.82 bits per heavy atom. The number of carbonyl (C=O) groups excluding carboxylic acids is 2. The Hall–Kier alpha value is -1.89. The largest absolute Gasteiger partial charge is 0.361 e. The Balaban J connectivity index is 1.66. The zero-order valence-electron chi connectivity index (χ0n) is 13.3. The van der Waals surface area contributed by atoms with Gasteiger partial charge < -0.3 is 14.7 Å². The van der Waals surface area contributed by atoms with E-state index in [9.17, 15) is 9.59 Å². The maximum Gasteiger partial charge on any atom is 0.237 e. The van der Waals surface area contributed by atoms with Crippen LogP contribution < -0.4 is 5.32 Å². The van der Waals surface area contributed by atoms with E-state index in [0.29, 0.717) is 19.6 Å². The first-order valence-electron chi connectivity index (χ1n) is 7.64. The third kappa shape index (κ3) is 2.85. The zero-order valence-corrected chi connectivity index (χ0v) is 13.3. The van der Waals surface area contributed by atoms with E-state index in [4.69, 9.17) is 4.52 Å². The summed E-state index contributed by atoms with van der Waals surface area (Å²) in [4.78, 5) is 27.6. The number of aromatic nitrogens is 1. The van der Waals surface area contributed by atoms with Crippen molar-refractivity contribution in [1.29, 1.82) is 0 Å². The maximum absolute atomic E-state index is 12.3. The summed E-state index contributed by atoms with van der Waals surface area (Å²) in [5.74, 6) is 0.913. The lowest BCUT2D eigenvalue weighted by molar-refractivity contribution is -0.138. The van der Waals surface area contributed by atoms with Gasteiger partial charge in [0.25, 0.3) is 0 Å². The maximum atomic E-state index is 12.3. The van der Waals surface area contributed by atoms with Crippen LogP contribution in [0.2, 0.25) is 0 Å². The fourth-order valence-electron chi connectivity index (χ4n) is 3.50. The number of rotatable bonds is 3. The standard InChI is InChI=1S/C15H22N4O3/c1-9-14(10(2)22-17-9)7-18-6-13-4-12(16-11(3)20)5-19(13)15(21)8-18/h12-13H,4-8H2,1-3H3,(H,16,20)/t12-,13-/m0/s1. The van der Waals surface area contributed by atoms with Crippen LogP contribution in [0.3, 0.4) is 0 Å². The van der Waals surface area contributed by atoms with Crippen molar-refractivity contribution in [2.24, 2.45) is 0 Å². The zero-order chi connectivity index (χ0) is 15.9. The van der Waals surface area contributed by atoms with Gasteiger partial charge in [-0.05, 0) is 20.3 Å². The monoisotopic (exact) mass is 306 g/mol. The van der Waals surface area contributed by atoms with Crippen molar-refractivity contribution in [1.82, 2.24) is 20.3 Å². The predicted molar refractivity (Wildman–Crippen MR) is 79.0 cm³/mol. The van der Waals surface area contributed by atoms with Crippen LogP contribution in [-0.2, 0) is 16.1 Å². The van der Waals surface area contributed by atoms with Crippen LogP contribution in [0.15, 0.2) is 4.52 Å². The fraction of sp³-hybridized carbons (Fsp3) is 0.667. The molecule has 2 fully saturated rings. The molecular formula is C15H22N4O3. The van der Waals surface area contributed by atoms with Gasteiger partial charge in [-0.2, -0.15) is 0 Å². The topological polar surface area (TPSA) is 78.7 Å². The molecule has 22 heavy (non-hydrogen) atoms. The first-order chi connectivity index (χ1) is 10.4. The quantitative estimate of drug-likeness (QED) is 0.864. The minimum absolute atomic E-state index is 0.0372. The molecule has 0 radical (unpaired) electrons. The van der Waals surface area contributed by atoms with Crippen molar-refractivity contribution in [3.8, 4) is 0 Å². The molecule has 3 heterocycles. The minimum Gasteiger partial charge on any atom is -0.361 e. The number of aryl methyl sites for hydroxylation is 2. The van der Waals surface area contributed by atoms with Crippen LogP contribution in [0, 0.1) is 13.8 Å². The molecule has 2 amide bonds. The molecule has 1 aromatic rings. The van der Waals surface area contributed by atoms with Gasteiger partial charge in [0.2, 0.25) is 11.8 Å². The van der Waals surface area contributed by atoms with Crippen LogP contribution in [0.1, 0.15) is 30.4 Å². The van der Waals surface area contributed by atoms with Crippen molar-refractivity contribution in [2.45, 2.75) is 45.8 Å². The molecule has 0 saturated carbocycles. The molecule has 7 heteroatoms. The van der Waals surface area contributed by atoms with Crippen molar-refractivity contribution in [2.75, 3.05) is 19.6 Å². The average Bonchev–Trinajstić information content (AvgIpc) is 2.96. The van der Waals surface area contributed by atoms with Crippen LogP contribution in [-0.4, -0.2) is 58.5 Å². The second-order valence-electron chi connectivity index (χ2n) is 6.31. The lowest BCUT2D eigenvalue weighted by Gasteiger charge is -2.36. The van der Waals surface area contributed by atoms with Gasteiger partial charge in [0.15, 0.2) is 0 Å².